The van der Waals surface area contributed by atoms with Gasteiger partial charge in [-0.05, 0) is 37.1 Å². The van der Waals surface area contributed by atoms with Crippen molar-refractivity contribution < 1.29 is 9.47 Å². The van der Waals surface area contributed by atoms with Crippen molar-refractivity contribution in [3.05, 3.63) is 23.3 Å². The second-order valence-electron chi connectivity index (χ2n) is 3.73. The Bertz CT molecular complexity index is 313. The molecule has 3 heteroatoms. The molecule has 0 heterocycles. The number of hydrogen-bond donors (Lipinski definition) is 0. The molecular formula is C12H19NO2. The van der Waals surface area contributed by atoms with E-state index in [-0.39, 0.29) is 0 Å². The van der Waals surface area contributed by atoms with Gasteiger partial charge in [0, 0.05) is 19.8 Å². The Balaban J connectivity index is 3.02. The van der Waals surface area contributed by atoms with E-state index >= 15 is 0 Å². The predicted molar refractivity (Wildman–Crippen MR) is 62.7 cm³/mol. The van der Waals surface area contributed by atoms with Gasteiger partial charge >= 0.3 is 0 Å². The first kappa shape index (κ1) is 11.9. The third-order valence-electron chi connectivity index (χ3n) is 2.41. The van der Waals surface area contributed by atoms with Crippen LogP contribution in [0.4, 0.5) is 5.69 Å². The van der Waals surface area contributed by atoms with Crippen LogP contribution in [-0.2, 0) is 4.74 Å². The van der Waals surface area contributed by atoms with Crippen LogP contribution >= 0.6 is 0 Å². The van der Waals surface area contributed by atoms with Crippen molar-refractivity contribution in [3.63, 3.8) is 0 Å². The molecule has 0 aliphatic heterocycles. The van der Waals surface area contributed by atoms with Crippen molar-refractivity contribution >= 4 is 5.69 Å². The number of methoxy groups -OCH3 is 2. The van der Waals surface area contributed by atoms with E-state index in [1.54, 1.807) is 14.2 Å². The molecule has 0 N–H and O–H groups in total. The van der Waals surface area contributed by atoms with Gasteiger partial charge in [0.2, 0.25) is 0 Å². The molecular weight excluding hydrogens is 190 g/mol. The monoisotopic (exact) mass is 209 g/mol. The molecule has 1 rings (SSSR count). The van der Waals surface area contributed by atoms with Crippen LogP contribution in [0.5, 0.6) is 5.75 Å². The van der Waals surface area contributed by atoms with Crippen LogP contribution in [0.1, 0.15) is 11.1 Å². The van der Waals surface area contributed by atoms with Crippen molar-refractivity contribution in [2.24, 2.45) is 0 Å². The standard InChI is InChI=1S/C12H19NO2/c1-9-6-11(13(3)8-14-4)7-10(2)12(9)15-5/h6-7H,8H2,1-5H3. The zero-order chi connectivity index (χ0) is 11.4. The molecule has 1 aromatic carbocycles. The lowest BCUT2D eigenvalue weighted by Gasteiger charge is -2.20. The largest absolute Gasteiger partial charge is 0.496 e. The predicted octanol–water partition coefficient (Wildman–Crippen LogP) is 2.35. The summed E-state index contributed by atoms with van der Waals surface area (Å²) in [5.74, 6) is 0.963. The lowest BCUT2D eigenvalue weighted by Crippen LogP contribution is -2.19. The van der Waals surface area contributed by atoms with Gasteiger partial charge in [0.15, 0.2) is 0 Å². The van der Waals surface area contributed by atoms with Gasteiger partial charge in [0.25, 0.3) is 0 Å². The molecule has 0 aromatic heterocycles. The Hall–Kier alpha value is -1.22. The second kappa shape index (κ2) is 5.03. The minimum Gasteiger partial charge on any atom is -0.496 e. The minimum atomic E-state index is 0.589. The summed E-state index contributed by atoms with van der Waals surface area (Å²) >= 11 is 0. The van der Waals surface area contributed by atoms with Gasteiger partial charge in [-0.3, -0.25) is 0 Å². The maximum atomic E-state index is 5.32. The average molecular weight is 209 g/mol. The van der Waals surface area contributed by atoms with E-state index in [4.69, 9.17) is 9.47 Å². The van der Waals surface area contributed by atoms with Gasteiger partial charge in [-0.25, -0.2) is 0 Å². The SMILES string of the molecule is COCN(C)c1cc(C)c(OC)c(C)c1. The fourth-order valence-electron chi connectivity index (χ4n) is 1.74. The molecule has 0 amide bonds. The lowest BCUT2D eigenvalue weighted by molar-refractivity contribution is 0.202. The van der Waals surface area contributed by atoms with E-state index in [0.717, 1.165) is 22.6 Å². The van der Waals surface area contributed by atoms with Crippen LogP contribution in [0.15, 0.2) is 12.1 Å². The van der Waals surface area contributed by atoms with Crippen molar-refractivity contribution in [1.82, 2.24) is 0 Å². The molecule has 84 valence electrons. The minimum absolute atomic E-state index is 0.589. The normalized spacial score (nSPS) is 10.2. The van der Waals surface area contributed by atoms with E-state index in [9.17, 15) is 0 Å². The topological polar surface area (TPSA) is 21.7 Å². The summed E-state index contributed by atoms with van der Waals surface area (Å²) in [6.45, 7) is 4.69. The number of benzene rings is 1. The highest BCUT2D eigenvalue weighted by Gasteiger charge is 2.07. The van der Waals surface area contributed by atoms with Gasteiger partial charge in [-0.2, -0.15) is 0 Å². The Kier molecular flexibility index (Phi) is 3.97. The molecule has 0 unspecified atom stereocenters. The number of anilines is 1. The summed E-state index contributed by atoms with van der Waals surface area (Å²) in [4.78, 5) is 2.06. The van der Waals surface area contributed by atoms with Crippen LogP contribution in [-0.4, -0.2) is 28.0 Å². The quantitative estimate of drug-likeness (QED) is 0.710. The van der Waals surface area contributed by atoms with Crippen molar-refractivity contribution in [2.75, 3.05) is 32.9 Å². The summed E-state index contributed by atoms with van der Waals surface area (Å²) < 4.78 is 10.4. The average Bonchev–Trinajstić information content (AvgIpc) is 2.17. The summed E-state index contributed by atoms with van der Waals surface area (Å²) in [5.41, 5.74) is 3.44. The first-order chi connectivity index (χ1) is 7.10. The molecule has 0 aliphatic carbocycles. The molecule has 3 nitrogen and oxygen atoms in total. The number of aryl methyl sites for hydroxylation is 2. The van der Waals surface area contributed by atoms with Crippen LogP contribution in [0, 0.1) is 13.8 Å². The molecule has 0 atom stereocenters. The molecule has 0 aliphatic rings. The van der Waals surface area contributed by atoms with Crippen LogP contribution < -0.4 is 9.64 Å². The zero-order valence-corrected chi connectivity index (χ0v) is 10.1. The summed E-state index contributed by atoms with van der Waals surface area (Å²) in [6.07, 6.45) is 0. The van der Waals surface area contributed by atoms with Crippen molar-refractivity contribution in [1.29, 1.82) is 0 Å². The lowest BCUT2D eigenvalue weighted by atomic mass is 10.1. The van der Waals surface area contributed by atoms with E-state index in [1.165, 1.54) is 0 Å². The maximum Gasteiger partial charge on any atom is 0.124 e. The Morgan fingerprint density at radius 2 is 1.67 bits per heavy atom. The van der Waals surface area contributed by atoms with Gasteiger partial charge in [0.1, 0.15) is 12.5 Å². The van der Waals surface area contributed by atoms with E-state index in [1.807, 2.05) is 7.05 Å². The van der Waals surface area contributed by atoms with Crippen molar-refractivity contribution in [2.45, 2.75) is 13.8 Å². The summed E-state index contributed by atoms with van der Waals surface area (Å²) in [6, 6.07) is 4.20. The Morgan fingerprint density at radius 3 is 2.07 bits per heavy atom. The van der Waals surface area contributed by atoms with Crippen molar-refractivity contribution in [3.8, 4) is 5.75 Å². The number of nitrogens with zero attached hydrogens (tertiary/aromatic N) is 1. The van der Waals surface area contributed by atoms with Gasteiger partial charge in [0.05, 0.1) is 7.11 Å². The molecule has 0 fully saturated rings. The maximum absolute atomic E-state index is 5.32. The molecule has 15 heavy (non-hydrogen) atoms. The summed E-state index contributed by atoms with van der Waals surface area (Å²) in [5, 5.41) is 0. The molecule has 0 bridgehead atoms. The molecule has 0 saturated heterocycles. The fourth-order valence-corrected chi connectivity index (χ4v) is 1.74. The number of hydrogen-bond acceptors (Lipinski definition) is 3. The van der Waals surface area contributed by atoms with Gasteiger partial charge in [-0.1, -0.05) is 0 Å². The molecule has 0 radical (unpaired) electrons. The van der Waals surface area contributed by atoms with E-state index in [2.05, 4.69) is 30.9 Å². The highest BCUT2D eigenvalue weighted by atomic mass is 16.5. The zero-order valence-electron chi connectivity index (χ0n) is 10.1. The third-order valence-corrected chi connectivity index (χ3v) is 2.41. The molecule has 1 aromatic rings. The molecule has 0 saturated carbocycles. The third kappa shape index (κ3) is 2.63. The second-order valence-corrected chi connectivity index (χ2v) is 3.73. The fraction of sp³-hybridized carbons (Fsp3) is 0.500. The molecule has 0 spiro atoms. The van der Waals surface area contributed by atoms with Crippen LogP contribution in [0.2, 0.25) is 0 Å². The number of ether oxygens (including phenoxy) is 2. The smallest absolute Gasteiger partial charge is 0.124 e. The van der Waals surface area contributed by atoms with E-state index in [0.29, 0.717) is 6.73 Å². The summed E-state index contributed by atoms with van der Waals surface area (Å²) in [7, 11) is 5.40. The highest BCUT2D eigenvalue weighted by Crippen LogP contribution is 2.28. The van der Waals surface area contributed by atoms with Gasteiger partial charge < -0.3 is 14.4 Å². The van der Waals surface area contributed by atoms with Gasteiger partial charge in [-0.15, -0.1) is 0 Å². The van der Waals surface area contributed by atoms with E-state index < -0.39 is 0 Å². The Labute approximate surface area is 91.6 Å². The van der Waals surface area contributed by atoms with Crippen LogP contribution in [0.3, 0.4) is 0 Å². The highest BCUT2D eigenvalue weighted by molar-refractivity contribution is 5.56. The first-order valence-electron chi connectivity index (χ1n) is 4.95. The first-order valence-corrected chi connectivity index (χ1v) is 4.95. The number of rotatable bonds is 4. The van der Waals surface area contributed by atoms with Crippen LogP contribution in [0.25, 0.3) is 0 Å². The Morgan fingerprint density at radius 1 is 1.13 bits per heavy atom.